The number of hydrogen-bond acceptors (Lipinski definition) is 15. The number of aromatic amines is 1. The molecule has 4 heterocycles. The molecule has 1 aromatic heterocycles. The van der Waals surface area contributed by atoms with E-state index in [0.29, 0.717) is 84.3 Å². The average Bonchev–Trinajstić information content (AvgIpc) is 3.90. The Morgan fingerprint density at radius 1 is 0.932 bits per heavy atom. The lowest BCUT2D eigenvalue weighted by atomic mass is 10.0. The second-order valence-corrected chi connectivity index (χ2v) is 18.4. The Morgan fingerprint density at radius 2 is 1.70 bits per heavy atom. The van der Waals surface area contributed by atoms with Crippen molar-refractivity contribution in [3.8, 4) is 0 Å². The molecule has 4 aromatic carbocycles. The number of hydrogen-bond donors (Lipinski definition) is 7. The monoisotopic (exact) mass is 1020 g/mol. The van der Waals surface area contributed by atoms with Gasteiger partial charge in [-0.25, -0.2) is 14.6 Å². The molecule has 0 bridgehead atoms. The van der Waals surface area contributed by atoms with Crippen LogP contribution in [-0.4, -0.2) is 139 Å². The number of piperazine rings is 1. The molecule has 2 fully saturated rings. The van der Waals surface area contributed by atoms with Crippen molar-refractivity contribution in [2.75, 3.05) is 86.5 Å². The zero-order valence-electron chi connectivity index (χ0n) is 41.0. The van der Waals surface area contributed by atoms with Gasteiger partial charge in [-0.1, -0.05) is 12.1 Å². The first kappa shape index (κ1) is 52.4. The van der Waals surface area contributed by atoms with Crippen LogP contribution < -0.4 is 37.7 Å². The van der Waals surface area contributed by atoms with Crippen molar-refractivity contribution in [3.05, 3.63) is 124 Å². The SMILES string of the molecule is CC(CCC(=O)NC=O)N1C(=O)c2cccc(NC/C(N)=C/N(N)CCOCCC(=O)N3CCN(c4ccc(C(=O)Nc5n[nH]c6ccc(Cc7cc(F)cc(F)c7)cc56)c(NC5CCOCC5)c4)CC3)c2C1=O. The van der Waals surface area contributed by atoms with E-state index in [0.717, 1.165) is 35.1 Å². The number of hydrazine groups is 1. The van der Waals surface area contributed by atoms with Crippen molar-refractivity contribution >= 4 is 69.7 Å². The molecule has 390 valence electrons. The quantitative estimate of drug-likeness (QED) is 0.0166. The number of anilines is 4. The Bertz CT molecular complexity index is 2900. The number of fused-ring (bicyclic) bond motifs is 2. The number of carbonyl (C=O) groups excluding carboxylic acids is 6. The number of benzene rings is 4. The summed E-state index contributed by atoms with van der Waals surface area (Å²) in [7, 11) is 0. The van der Waals surface area contributed by atoms with Crippen LogP contribution in [0.1, 0.15) is 81.2 Å². The number of nitrogens with two attached hydrogens (primary N) is 2. The topological polar surface area (TPSA) is 263 Å². The summed E-state index contributed by atoms with van der Waals surface area (Å²) in [6.07, 6.45) is 3.97. The van der Waals surface area contributed by atoms with E-state index in [1.165, 1.54) is 23.3 Å². The summed E-state index contributed by atoms with van der Waals surface area (Å²) in [5.74, 6) is 3.29. The zero-order valence-corrected chi connectivity index (χ0v) is 41.0. The minimum Gasteiger partial charge on any atom is -0.399 e. The fourth-order valence-electron chi connectivity index (χ4n) is 9.28. The summed E-state index contributed by atoms with van der Waals surface area (Å²) in [5.41, 5.74) is 11.4. The first-order chi connectivity index (χ1) is 35.7. The predicted molar refractivity (Wildman–Crippen MR) is 273 cm³/mol. The van der Waals surface area contributed by atoms with E-state index in [-0.39, 0.29) is 87.4 Å². The molecule has 0 saturated carbocycles. The molecule has 6 amide bonds. The second kappa shape index (κ2) is 24.2. The van der Waals surface area contributed by atoms with Crippen LogP contribution in [0.5, 0.6) is 0 Å². The summed E-state index contributed by atoms with van der Waals surface area (Å²) in [6, 6.07) is 19.0. The van der Waals surface area contributed by atoms with E-state index in [1.807, 2.05) is 35.2 Å². The lowest BCUT2D eigenvalue weighted by Crippen LogP contribution is -2.49. The molecule has 0 aliphatic carbocycles. The van der Waals surface area contributed by atoms with E-state index < -0.39 is 35.4 Å². The van der Waals surface area contributed by atoms with Crippen LogP contribution in [0, 0.1) is 11.6 Å². The van der Waals surface area contributed by atoms with Crippen LogP contribution >= 0.6 is 0 Å². The molecule has 5 aromatic rings. The average molecular weight is 1020 g/mol. The summed E-state index contributed by atoms with van der Waals surface area (Å²) < 4.78 is 39.2. The van der Waals surface area contributed by atoms with E-state index in [4.69, 9.17) is 21.1 Å². The van der Waals surface area contributed by atoms with Crippen LogP contribution in [0.25, 0.3) is 10.9 Å². The molecule has 74 heavy (non-hydrogen) atoms. The van der Waals surface area contributed by atoms with Gasteiger partial charge in [0.2, 0.25) is 18.2 Å². The molecule has 1 atom stereocenters. The van der Waals surface area contributed by atoms with Crippen molar-refractivity contribution in [1.29, 1.82) is 0 Å². The fourth-order valence-corrected chi connectivity index (χ4v) is 9.28. The van der Waals surface area contributed by atoms with Gasteiger partial charge in [-0.15, -0.1) is 0 Å². The Balaban J connectivity index is 0.788. The molecule has 3 aliphatic heterocycles. The third-order valence-corrected chi connectivity index (χ3v) is 13.2. The van der Waals surface area contributed by atoms with Crippen molar-refractivity contribution in [1.82, 2.24) is 30.3 Å². The summed E-state index contributed by atoms with van der Waals surface area (Å²) in [5, 5.41) is 21.1. The van der Waals surface area contributed by atoms with Crippen LogP contribution in [0.15, 0.2) is 84.7 Å². The first-order valence-electron chi connectivity index (χ1n) is 24.5. The molecule has 2 saturated heterocycles. The molecule has 3 aliphatic rings. The first-order valence-corrected chi connectivity index (χ1v) is 24.5. The summed E-state index contributed by atoms with van der Waals surface area (Å²) in [6.45, 7) is 5.82. The smallest absolute Gasteiger partial charge is 0.263 e. The van der Waals surface area contributed by atoms with Crippen LogP contribution in [0.4, 0.5) is 31.7 Å². The molecule has 20 nitrogen and oxygen atoms in total. The van der Waals surface area contributed by atoms with Crippen molar-refractivity contribution in [2.45, 2.75) is 57.5 Å². The normalized spacial score (nSPS) is 15.5. The number of nitrogens with zero attached hydrogens (tertiary/aromatic N) is 5. The molecule has 0 spiro atoms. The number of nitrogens with one attached hydrogen (secondary N) is 5. The number of imide groups is 2. The number of ether oxygens (including phenoxy) is 2. The number of H-pyrrole nitrogens is 1. The third kappa shape index (κ3) is 13.0. The largest absolute Gasteiger partial charge is 0.399 e. The predicted octanol–water partition coefficient (Wildman–Crippen LogP) is 4.46. The van der Waals surface area contributed by atoms with Gasteiger partial charge in [0.15, 0.2) is 5.82 Å². The number of carbonyl (C=O) groups is 6. The second-order valence-electron chi connectivity index (χ2n) is 18.4. The van der Waals surface area contributed by atoms with Gasteiger partial charge < -0.3 is 46.0 Å². The molecule has 1 unspecified atom stereocenters. The van der Waals surface area contributed by atoms with Gasteiger partial charge in [-0.2, -0.15) is 5.10 Å². The van der Waals surface area contributed by atoms with Gasteiger partial charge >= 0.3 is 0 Å². The maximum absolute atomic E-state index is 14.0. The standard InChI is InChI=1S/C52H60F2N12O8/c1-32(5-10-46(68)58-31-67)66-51(71)41-3-2-4-44(48(41)52(66)72)57-29-37(55)30-65(56)18-22-74-21-13-47(69)64-16-14-63(15-17-64)39-7-8-40(45(28-39)59-38-11-19-73-20-12-38)50(70)60-49-42-26-33(6-9-43(42)61-62-49)23-34-24-35(53)27-36(54)25-34/h2-4,6-9,24-28,30-32,38,57,59H,5,10-23,29,55-56H2,1H3,(H,58,67,68)(H2,60,61,62,70)/b37-30-. The number of halogens is 2. The van der Waals surface area contributed by atoms with Gasteiger partial charge in [-0.05, 0) is 98.3 Å². The zero-order chi connectivity index (χ0) is 52.3. The van der Waals surface area contributed by atoms with E-state index in [9.17, 15) is 37.5 Å². The Kier molecular flexibility index (Phi) is 17.1. The molecule has 9 N–H and O–H groups in total. The highest BCUT2D eigenvalue weighted by Gasteiger charge is 2.40. The highest BCUT2D eigenvalue weighted by molar-refractivity contribution is 6.24. The molecular formula is C52H60F2N12O8. The molecule has 22 heteroatoms. The molecule has 0 radical (unpaired) electrons. The Labute approximate surface area is 425 Å². The van der Waals surface area contributed by atoms with Gasteiger partial charge in [-0.3, -0.25) is 44.1 Å². The summed E-state index contributed by atoms with van der Waals surface area (Å²) >= 11 is 0. The highest BCUT2D eigenvalue weighted by Crippen LogP contribution is 2.33. The third-order valence-electron chi connectivity index (χ3n) is 13.2. The molecular weight excluding hydrogens is 959 g/mol. The maximum atomic E-state index is 14.0. The van der Waals surface area contributed by atoms with Crippen LogP contribution in [0.3, 0.4) is 0 Å². The van der Waals surface area contributed by atoms with Crippen LogP contribution in [0.2, 0.25) is 0 Å². The Hall–Kier alpha value is -7.95. The van der Waals surface area contributed by atoms with Gasteiger partial charge in [0.25, 0.3) is 17.7 Å². The lowest BCUT2D eigenvalue weighted by Gasteiger charge is -2.36. The van der Waals surface area contributed by atoms with E-state index in [2.05, 4.69) is 36.4 Å². The number of aromatic nitrogens is 2. The van der Waals surface area contributed by atoms with Crippen molar-refractivity contribution in [2.24, 2.45) is 11.6 Å². The maximum Gasteiger partial charge on any atom is 0.263 e. The number of rotatable bonds is 22. The fraction of sp³-hybridized carbons (Fsp3) is 0.365. The highest BCUT2D eigenvalue weighted by atomic mass is 19.1. The van der Waals surface area contributed by atoms with Crippen LogP contribution in [-0.2, 0) is 30.3 Å². The Morgan fingerprint density at radius 3 is 2.46 bits per heavy atom. The lowest BCUT2D eigenvalue weighted by molar-refractivity contribution is -0.132. The minimum absolute atomic E-state index is 0.0352. The van der Waals surface area contributed by atoms with Gasteiger partial charge in [0.05, 0.1) is 54.9 Å². The number of amides is 6. The van der Waals surface area contributed by atoms with Gasteiger partial charge in [0.1, 0.15) is 11.6 Å². The minimum atomic E-state index is -0.651. The van der Waals surface area contributed by atoms with E-state index in [1.54, 1.807) is 31.2 Å². The summed E-state index contributed by atoms with van der Waals surface area (Å²) in [4.78, 5) is 81.2. The van der Waals surface area contributed by atoms with E-state index >= 15 is 0 Å². The van der Waals surface area contributed by atoms with Gasteiger partial charge in [0, 0.05) is 98.3 Å². The van der Waals surface area contributed by atoms with Crippen molar-refractivity contribution in [3.63, 3.8) is 0 Å². The van der Waals surface area contributed by atoms with Crippen molar-refractivity contribution < 1.29 is 47.0 Å². The molecule has 8 rings (SSSR count).